The molecule has 1 atom stereocenters. The normalized spacial score (nSPS) is 13.6. The third kappa shape index (κ3) is 4.64. The van der Waals surface area contributed by atoms with E-state index in [2.05, 4.69) is 12.5 Å². The topological polar surface area (TPSA) is 63.3 Å². The summed E-state index contributed by atoms with van der Waals surface area (Å²) in [4.78, 5) is 10.2. The van der Waals surface area contributed by atoms with E-state index in [1.165, 1.54) is 0 Å². The molecular formula is C6H14NO2S+. The predicted octanol–water partition coefficient (Wildman–Crippen LogP) is -0.334. The van der Waals surface area contributed by atoms with E-state index in [0.29, 0.717) is 17.3 Å². The molecule has 0 aliphatic rings. The molecule has 0 aromatic heterocycles. The van der Waals surface area contributed by atoms with Gasteiger partial charge in [-0.15, -0.1) is 0 Å². The SMILES string of the molecule is C[S+](C)CC[C@H](N)C(=O)O. The lowest BCUT2D eigenvalue weighted by Gasteiger charge is -2.02. The number of hydrogen-bond donors (Lipinski definition) is 2. The van der Waals surface area contributed by atoms with E-state index in [-0.39, 0.29) is 0 Å². The van der Waals surface area contributed by atoms with Crippen molar-refractivity contribution in [1.82, 2.24) is 0 Å². The highest BCUT2D eigenvalue weighted by molar-refractivity contribution is 7.95. The third-order valence-electron chi connectivity index (χ3n) is 1.15. The Morgan fingerprint density at radius 3 is 2.50 bits per heavy atom. The number of hydrogen-bond acceptors (Lipinski definition) is 2. The Hall–Kier alpha value is -0.220. The average molecular weight is 164 g/mol. The first kappa shape index (κ1) is 9.78. The molecule has 60 valence electrons. The average Bonchev–Trinajstić information content (AvgIpc) is 1.82. The Bertz CT molecular complexity index is 116. The molecule has 0 radical (unpaired) electrons. The minimum absolute atomic E-state index is 0.304. The van der Waals surface area contributed by atoms with Gasteiger partial charge in [0.2, 0.25) is 0 Å². The molecule has 0 aromatic rings. The van der Waals surface area contributed by atoms with Gasteiger partial charge < -0.3 is 10.8 Å². The van der Waals surface area contributed by atoms with Crippen molar-refractivity contribution in [2.45, 2.75) is 12.5 Å². The molecule has 0 unspecified atom stereocenters. The second-order valence-electron chi connectivity index (χ2n) is 2.42. The fraction of sp³-hybridized carbons (Fsp3) is 0.833. The summed E-state index contributed by atoms with van der Waals surface area (Å²) in [6.45, 7) is 0. The van der Waals surface area contributed by atoms with Gasteiger partial charge in [-0.1, -0.05) is 0 Å². The van der Waals surface area contributed by atoms with Crippen LogP contribution in [0.2, 0.25) is 0 Å². The quantitative estimate of drug-likeness (QED) is 0.559. The van der Waals surface area contributed by atoms with Crippen LogP contribution in [0.1, 0.15) is 6.42 Å². The molecule has 3 nitrogen and oxygen atoms in total. The Labute approximate surface area is 64.0 Å². The van der Waals surface area contributed by atoms with E-state index in [9.17, 15) is 4.79 Å². The van der Waals surface area contributed by atoms with E-state index in [4.69, 9.17) is 10.8 Å². The van der Waals surface area contributed by atoms with Crippen LogP contribution in [0.5, 0.6) is 0 Å². The zero-order valence-corrected chi connectivity index (χ0v) is 7.15. The minimum atomic E-state index is -0.898. The predicted molar refractivity (Wildman–Crippen MR) is 44.3 cm³/mol. The van der Waals surface area contributed by atoms with Crippen molar-refractivity contribution in [3.63, 3.8) is 0 Å². The van der Waals surface area contributed by atoms with E-state index in [1.54, 1.807) is 0 Å². The standard InChI is InChI=1S/C6H13NO2S/c1-10(2)4-3-5(7)6(8)9/h5H,3-4,7H2,1-2H3/p+1/t5-/m0/s1. The van der Waals surface area contributed by atoms with Crippen LogP contribution in [0.4, 0.5) is 0 Å². The summed E-state index contributed by atoms with van der Waals surface area (Å²) in [6.07, 6.45) is 4.74. The van der Waals surface area contributed by atoms with Gasteiger partial charge >= 0.3 is 5.97 Å². The van der Waals surface area contributed by atoms with Crippen LogP contribution in [0, 0.1) is 0 Å². The molecule has 3 N–H and O–H groups in total. The molecule has 0 heterocycles. The van der Waals surface area contributed by atoms with Crippen LogP contribution >= 0.6 is 0 Å². The largest absolute Gasteiger partial charge is 0.480 e. The van der Waals surface area contributed by atoms with Crippen LogP contribution < -0.4 is 5.73 Å². The molecule has 0 bridgehead atoms. The molecule has 10 heavy (non-hydrogen) atoms. The summed E-state index contributed by atoms with van der Waals surface area (Å²) in [5.41, 5.74) is 5.27. The smallest absolute Gasteiger partial charge is 0.320 e. The van der Waals surface area contributed by atoms with Crippen LogP contribution in [-0.4, -0.2) is 35.4 Å². The zero-order valence-electron chi connectivity index (χ0n) is 6.33. The van der Waals surface area contributed by atoms with Gasteiger partial charge in [-0.05, 0) is 10.9 Å². The molecule has 0 saturated heterocycles. The van der Waals surface area contributed by atoms with E-state index >= 15 is 0 Å². The summed E-state index contributed by atoms with van der Waals surface area (Å²) >= 11 is 0. The van der Waals surface area contributed by atoms with Crippen molar-refractivity contribution < 1.29 is 9.90 Å². The Balaban J connectivity index is 3.40. The summed E-state index contributed by atoms with van der Waals surface area (Å²) < 4.78 is 0. The van der Waals surface area contributed by atoms with Crippen LogP contribution in [0.3, 0.4) is 0 Å². The number of carbonyl (C=O) groups is 1. The van der Waals surface area contributed by atoms with Crippen molar-refractivity contribution in [1.29, 1.82) is 0 Å². The first-order valence-electron chi connectivity index (χ1n) is 3.06. The molecule has 0 aliphatic carbocycles. The van der Waals surface area contributed by atoms with Crippen molar-refractivity contribution in [3.05, 3.63) is 0 Å². The van der Waals surface area contributed by atoms with Crippen LogP contribution in [0.15, 0.2) is 0 Å². The Kier molecular flexibility index (Phi) is 4.47. The zero-order chi connectivity index (χ0) is 8.15. The lowest BCUT2D eigenvalue weighted by Crippen LogP contribution is -2.31. The molecular weight excluding hydrogens is 150 g/mol. The Morgan fingerprint density at radius 1 is 1.70 bits per heavy atom. The van der Waals surface area contributed by atoms with Gasteiger partial charge in [-0.2, -0.15) is 0 Å². The maximum absolute atomic E-state index is 10.2. The van der Waals surface area contributed by atoms with Crippen LogP contribution in [-0.2, 0) is 15.7 Å². The molecule has 0 fully saturated rings. The molecule has 4 heteroatoms. The van der Waals surface area contributed by atoms with Gasteiger partial charge in [-0.3, -0.25) is 4.79 Å². The minimum Gasteiger partial charge on any atom is -0.480 e. The fourth-order valence-electron chi connectivity index (χ4n) is 0.486. The second kappa shape index (κ2) is 4.57. The second-order valence-corrected chi connectivity index (χ2v) is 4.80. The molecule has 0 saturated carbocycles. The van der Waals surface area contributed by atoms with Gasteiger partial charge in [-0.25, -0.2) is 0 Å². The summed E-state index contributed by atoms with van der Waals surface area (Å²) in [5.74, 6) is 0.0125. The van der Waals surface area contributed by atoms with Gasteiger partial charge in [0.15, 0.2) is 0 Å². The summed E-state index contributed by atoms with van der Waals surface area (Å²) in [7, 11) is 0.304. The van der Waals surface area contributed by atoms with Gasteiger partial charge in [0.25, 0.3) is 0 Å². The number of nitrogens with two attached hydrogens (primary N) is 1. The van der Waals surface area contributed by atoms with Crippen LogP contribution in [0.25, 0.3) is 0 Å². The molecule has 0 aliphatic heterocycles. The lowest BCUT2D eigenvalue weighted by atomic mass is 10.2. The van der Waals surface area contributed by atoms with Gasteiger partial charge in [0, 0.05) is 6.42 Å². The van der Waals surface area contributed by atoms with Crippen molar-refractivity contribution in [2.75, 3.05) is 18.3 Å². The number of carboxylic acids is 1. The van der Waals surface area contributed by atoms with Gasteiger partial charge in [0.1, 0.15) is 11.8 Å². The molecule has 0 spiro atoms. The highest BCUT2D eigenvalue weighted by Gasteiger charge is 2.14. The summed E-state index contributed by atoms with van der Waals surface area (Å²) in [6, 6.07) is -0.671. The van der Waals surface area contributed by atoms with E-state index in [0.717, 1.165) is 5.75 Å². The Morgan fingerprint density at radius 2 is 2.20 bits per heavy atom. The fourth-order valence-corrected chi connectivity index (χ4v) is 1.21. The monoisotopic (exact) mass is 164 g/mol. The number of carboxylic acid groups (broad SMARTS) is 1. The first-order valence-corrected chi connectivity index (χ1v) is 5.27. The lowest BCUT2D eigenvalue weighted by molar-refractivity contribution is -0.138. The highest BCUT2D eigenvalue weighted by Crippen LogP contribution is 1.93. The third-order valence-corrected chi connectivity index (χ3v) is 2.21. The van der Waals surface area contributed by atoms with E-state index < -0.39 is 12.0 Å². The van der Waals surface area contributed by atoms with Gasteiger partial charge in [0.05, 0.1) is 12.5 Å². The molecule has 0 rings (SSSR count). The van der Waals surface area contributed by atoms with Crippen molar-refractivity contribution >= 4 is 16.9 Å². The number of rotatable bonds is 4. The maximum Gasteiger partial charge on any atom is 0.320 e. The maximum atomic E-state index is 10.2. The first-order chi connectivity index (χ1) is 4.54. The van der Waals surface area contributed by atoms with Crippen molar-refractivity contribution in [2.24, 2.45) is 5.73 Å². The number of aliphatic carboxylic acids is 1. The van der Waals surface area contributed by atoms with Crippen molar-refractivity contribution in [3.8, 4) is 0 Å². The molecule has 0 amide bonds. The van der Waals surface area contributed by atoms with E-state index in [1.807, 2.05) is 0 Å². The highest BCUT2D eigenvalue weighted by atomic mass is 32.2. The molecule has 0 aromatic carbocycles. The summed E-state index contributed by atoms with van der Waals surface area (Å²) in [5, 5.41) is 8.37.